The second kappa shape index (κ2) is 14.7. The first kappa shape index (κ1) is 33.8. The molecule has 0 saturated carbocycles. The number of hydrogen-bond donors (Lipinski definition) is 2. The van der Waals surface area contributed by atoms with Crippen molar-refractivity contribution in [2.75, 3.05) is 17.7 Å². The number of hydrogen-bond acceptors (Lipinski definition) is 11. The molecule has 0 atom stereocenters. The van der Waals surface area contributed by atoms with Gasteiger partial charge in [0.2, 0.25) is 5.88 Å². The van der Waals surface area contributed by atoms with Crippen molar-refractivity contribution in [1.82, 2.24) is 29.9 Å². The van der Waals surface area contributed by atoms with Crippen LogP contribution in [-0.2, 0) is 0 Å². The Morgan fingerprint density at radius 1 is 0.547 bits per heavy atom. The topological polar surface area (TPSA) is 111 Å². The molecule has 0 radical (unpaired) electrons. The largest absolute Gasteiger partial charge is 0.481 e. The fourth-order valence-electron chi connectivity index (χ4n) is 6.03. The highest BCUT2D eigenvalue weighted by atomic mass is 32.1. The number of nitrogens with one attached hydrogen (secondary N) is 2. The minimum atomic E-state index is 0.593. The first-order chi connectivity index (χ1) is 25.9. The summed E-state index contributed by atoms with van der Waals surface area (Å²) in [4.78, 5) is 28.2. The quantitative estimate of drug-likeness (QED) is 0.142. The van der Waals surface area contributed by atoms with E-state index >= 15 is 0 Å². The standard InChI is InChI=1S/C42H34N8OS2/c1-25-7-17-35(40(46-25)50-42-48-37(24-53-42)30-12-8-28(9-13-30)32-16-18-39(51-4)44-22-32)33-20-26(2)45-38(21-33)49-41-47-36(23-52-41)31-14-10-29(11-15-31)34-6-5-19-43-27(34)3/h5-24H,1-4H3,(H,45,47,49)(H,46,48,50). The van der Waals surface area contributed by atoms with Gasteiger partial charge in [0.05, 0.1) is 18.5 Å². The molecule has 0 saturated heterocycles. The van der Waals surface area contributed by atoms with E-state index in [4.69, 9.17) is 24.7 Å². The zero-order chi connectivity index (χ0) is 36.3. The highest BCUT2D eigenvalue weighted by Crippen LogP contribution is 2.35. The van der Waals surface area contributed by atoms with Crippen LogP contribution in [0.3, 0.4) is 0 Å². The van der Waals surface area contributed by atoms with E-state index < -0.39 is 0 Å². The minimum absolute atomic E-state index is 0.593. The minimum Gasteiger partial charge on any atom is -0.481 e. The number of nitrogens with zero attached hydrogens (tertiary/aromatic N) is 6. The molecule has 6 heterocycles. The lowest BCUT2D eigenvalue weighted by atomic mass is 10.0. The Morgan fingerprint density at radius 3 is 1.87 bits per heavy atom. The molecule has 0 aliphatic heterocycles. The molecule has 0 fully saturated rings. The highest BCUT2D eigenvalue weighted by molar-refractivity contribution is 7.14. The molecule has 0 aliphatic carbocycles. The average molecular weight is 731 g/mol. The molecule has 9 nitrogen and oxygen atoms in total. The fourth-order valence-corrected chi connectivity index (χ4v) is 7.47. The lowest BCUT2D eigenvalue weighted by Crippen LogP contribution is -2.00. The molecule has 0 spiro atoms. The van der Waals surface area contributed by atoms with Gasteiger partial charge in [-0.3, -0.25) is 4.98 Å². The van der Waals surface area contributed by atoms with Gasteiger partial charge in [0, 0.05) is 74.1 Å². The molecular weight excluding hydrogens is 697 g/mol. The molecule has 8 aromatic rings. The van der Waals surface area contributed by atoms with Gasteiger partial charge in [0.1, 0.15) is 11.6 Å². The van der Waals surface area contributed by atoms with Gasteiger partial charge in [-0.15, -0.1) is 22.7 Å². The summed E-state index contributed by atoms with van der Waals surface area (Å²) in [6.07, 6.45) is 3.63. The molecule has 2 aromatic carbocycles. The molecule has 260 valence electrons. The summed E-state index contributed by atoms with van der Waals surface area (Å²) in [5.41, 5.74) is 12.9. The summed E-state index contributed by atoms with van der Waals surface area (Å²) in [5, 5.41) is 12.6. The number of aryl methyl sites for hydroxylation is 3. The van der Waals surface area contributed by atoms with Crippen molar-refractivity contribution in [2.24, 2.45) is 0 Å². The van der Waals surface area contributed by atoms with Crippen LogP contribution in [0.15, 0.2) is 120 Å². The molecule has 53 heavy (non-hydrogen) atoms. The number of ether oxygens (including phenoxy) is 1. The van der Waals surface area contributed by atoms with Gasteiger partial charge in [0.25, 0.3) is 0 Å². The van der Waals surface area contributed by atoms with E-state index in [1.807, 2.05) is 63.5 Å². The highest BCUT2D eigenvalue weighted by Gasteiger charge is 2.14. The maximum Gasteiger partial charge on any atom is 0.212 e. The normalized spacial score (nSPS) is 11.0. The third-order valence-electron chi connectivity index (χ3n) is 8.73. The maximum atomic E-state index is 5.19. The van der Waals surface area contributed by atoms with E-state index in [9.17, 15) is 0 Å². The number of aromatic nitrogens is 6. The van der Waals surface area contributed by atoms with Gasteiger partial charge in [-0.1, -0.05) is 54.6 Å². The van der Waals surface area contributed by atoms with Gasteiger partial charge in [-0.05, 0) is 73.9 Å². The lowest BCUT2D eigenvalue weighted by Gasteiger charge is -2.13. The Morgan fingerprint density at radius 2 is 1.21 bits per heavy atom. The predicted molar refractivity (Wildman–Crippen MR) is 216 cm³/mol. The van der Waals surface area contributed by atoms with Crippen molar-refractivity contribution < 1.29 is 4.74 Å². The van der Waals surface area contributed by atoms with Crippen LogP contribution in [-0.4, -0.2) is 37.0 Å². The van der Waals surface area contributed by atoms with E-state index in [1.165, 1.54) is 0 Å². The summed E-state index contributed by atoms with van der Waals surface area (Å²) in [6.45, 7) is 6.01. The Labute approximate surface area is 315 Å². The SMILES string of the molecule is COc1ccc(-c2ccc(-c3csc(Nc4nc(C)ccc4-c4cc(C)nc(Nc5nc(-c6ccc(-c7cccnc7C)cc6)cs5)c4)n3)cc2)cn1. The summed E-state index contributed by atoms with van der Waals surface area (Å²) in [5.74, 6) is 2.03. The number of methoxy groups -OCH3 is 1. The molecule has 11 heteroatoms. The van der Waals surface area contributed by atoms with Gasteiger partial charge in [0.15, 0.2) is 10.3 Å². The number of benzene rings is 2. The maximum absolute atomic E-state index is 5.19. The zero-order valence-corrected chi connectivity index (χ0v) is 31.1. The fraction of sp³-hybridized carbons (Fsp3) is 0.0952. The molecule has 0 bridgehead atoms. The summed E-state index contributed by atoms with van der Waals surface area (Å²) >= 11 is 3.09. The third-order valence-corrected chi connectivity index (χ3v) is 10.2. The molecule has 0 aliphatic rings. The van der Waals surface area contributed by atoms with Crippen molar-refractivity contribution >= 4 is 44.6 Å². The average Bonchev–Trinajstić information content (AvgIpc) is 3.85. The second-order valence-corrected chi connectivity index (χ2v) is 14.2. The van der Waals surface area contributed by atoms with E-state index in [1.54, 1.807) is 29.8 Å². The Bertz CT molecular complexity index is 2530. The van der Waals surface area contributed by atoms with Crippen LogP contribution in [0.2, 0.25) is 0 Å². The van der Waals surface area contributed by atoms with Crippen LogP contribution in [0.4, 0.5) is 21.9 Å². The Balaban J connectivity index is 0.991. The van der Waals surface area contributed by atoms with Crippen molar-refractivity contribution in [3.8, 4) is 61.8 Å². The third kappa shape index (κ3) is 7.52. The first-order valence-corrected chi connectivity index (χ1v) is 18.7. The van der Waals surface area contributed by atoms with Gasteiger partial charge in [-0.2, -0.15) is 0 Å². The number of thiazole rings is 2. The van der Waals surface area contributed by atoms with Crippen molar-refractivity contribution in [1.29, 1.82) is 0 Å². The van der Waals surface area contributed by atoms with E-state index in [2.05, 4.69) is 98.1 Å². The monoisotopic (exact) mass is 730 g/mol. The molecule has 0 unspecified atom stereocenters. The van der Waals surface area contributed by atoms with Crippen molar-refractivity contribution in [3.63, 3.8) is 0 Å². The van der Waals surface area contributed by atoms with Crippen LogP contribution >= 0.6 is 22.7 Å². The van der Waals surface area contributed by atoms with Crippen LogP contribution in [0.5, 0.6) is 5.88 Å². The van der Waals surface area contributed by atoms with Crippen LogP contribution < -0.4 is 15.4 Å². The van der Waals surface area contributed by atoms with Crippen molar-refractivity contribution in [2.45, 2.75) is 20.8 Å². The summed E-state index contributed by atoms with van der Waals surface area (Å²) in [6, 6.07) is 32.9. The molecule has 0 amide bonds. The number of pyridine rings is 4. The van der Waals surface area contributed by atoms with E-state index in [-0.39, 0.29) is 0 Å². The molecule has 6 aromatic heterocycles. The van der Waals surface area contributed by atoms with Crippen LogP contribution in [0.1, 0.15) is 17.1 Å². The molecular formula is C42H34N8OS2. The second-order valence-electron chi connectivity index (χ2n) is 12.4. The molecule has 8 rings (SSSR count). The zero-order valence-electron chi connectivity index (χ0n) is 29.5. The van der Waals surface area contributed by atoms with Gasteiger partial charge >= 0.3 is 0 Å². The van der Waals surface area contributed by atoms with Gasteiger partial charge in [-0.25, -0.2) is 24.9 Å². The summed E-state index contributed by atoms with van der Waals surface area (Å²) in [7, 11) is 1.61. The van der Waals surface area contributed by atoms with E-state index in [0.717, 1.165) is 89.1 Å². The predicted octanol–water partition coefficient (Wildman–Crippen LogP) is 10.9. The van der Waals surface area contributed by atoms with Crippen LogP contribution in [0.25, 0.3) is 55.9 Å². The summed E-state index contributed by atoms with van der Waals surface area (Å²) < 4.78 is 5.19. The number of anilines is 4. The Kier molecular flexibility index (Phi) is 9.41. The lowest BCUT2D eigenvalue weighted by molar-refractivity contribution is 0.398. The first-order valence-electron chi connectivity index (χ1n) is 16.9. The van der Waals surface area contributed by atoms with Gasteiger partial charge < -0.3 is 15.4 Å². The molecule has 2 N–H and O–H groups in total. The smallest absolute Gasteiger partial charge is 0.212 e. The van der Waals surface area contributed by atoms with Crippen molar-refractivity contribution in [3.05, 3.63) is 137 Å². The van der Waals surface area contributed by atoms with E-state index in [0.29, 0.717) is 11.7 Å². The Hall–Kier alpha value is -6.30. The van der Waals surface area contributed by atoms with Crippen LogP contribution in [0, 0.1) is 20.8 Å². The number of rotatable bonds is 10.